The number of carbonyl (C=O) groups excluding carboxylic acids is 1. The van der Waals surface area contributed by atoms with Crippen molar-refractivity contribution in [3.05, 3.63) is 52.5 Å². The van der Waals surface area contributed by atoms with Crippen LogP contribution in [0.5, 0.6) is 0 Å². The predicted octanol–water partition coefficient (Wildman–Crippen LogP) is 3.56. The number of aromatic nitrogens is 1. The Morgan fingerprint density at radius 1 is 1.54 bits per heavy atom. The van der Waals surface area contributed by atoms with Crippen LogP contribution in [-0.2, 0) is 12.0 Å². The summed E-state index contributed by atoms with van der Waals surface area (Å²) in [6.45, 7) is 1.85. The van der Waals surface area contributed by atoms with E-state index in [0.29, 0.717) is 22.7 Å². The zero-order valence-corrected chi connectivity index (χ0v) is 14.5. The van der Waals surface area contributed by atoms with Crippen molar-refractivity contribution in [1.82, 2.24) is 4.98 Å². The van der Waals surface area contributed by atoms with Gasteiger partial charge in [-0.15, -0.1) is 0 Å². The molecule has 1 atom stereocenters. The molecule has 2 aromatic rings. The van der Waals surface area contributed by atoms with E-state index in [1.807, 2.05) is 6.92 Å². The monoisotopic (exact) mass is 367 g/mol. The second kappa shape index (κ2) is 6.57. The normalized spacial score (nSPS) is 20.7. The van der Waals surface area contributed by atoms with E-state index >= 15 is 0 Å². The predicted molar refractivity (Wildman–Crippen MR) is 92.0 cm³/mol. The number of ketones is 1. The summed E-state index contributed by atoms with van der Waals surface area (Å²) in [7, 11) is 0. The van der Waals surface area contributed by atoms with E-state index in [1.54, 1.807) is 12.1 Å². The third-order valence-corrected chi connectivity index (χ3v) is 4.90. The lowest BCUT2D eigenvalue weighted by atomic mass is 9.87. The Hall–Kier alpha value is -1.86. The number of oxazole rings is 1. The van der Waals surface area contributed by atoms with E-state index in [1.165, 1.54) is 24.1 Å². The Labute approximate surface area is 147 Å². The van der Waals surface area contributed by atoms with Gasteiger partial charge in [0.1, 0.15) is 17.8 Å². The number of amidine groups is 1. The molecule has 0 amide bonds. The highest BCUT2D eigenvalue weighted by atomic mass is 35.5. The van der Waals surface area contributed by atoms with Crippen LogP contribution in [0.25, 0.3) is 0 Å². The smallest absolute Gasteiger partial charge is 0.292 e. The van der Waals surface area contributed by atoms with Gasteiger partial charge in [0.2, 0.25) is 0 Å². The summed E-state index contributed by atoms with van der Waals surface area (Å²) in [4.78, 5) is 20.4. The fourth-order valence-electron chi connectivity index (χ4n) is 2.63. The molecule has 0 spiro atoms. The average Bonchev–Trinajstić information content (AvgIpc) is 2.95. The van der Waals surface area contributed by atoms with E-state index in [4.69, 9.17) is 21.8 Å². The molecule has 1 aromatic heterocycles. The van der Waals surface area contributed by atoms with Gasteiger partial charge < -0.3 is 10.2 Å². The van der Waals surface area contributed by atoms with Crippen LogP contribution in [-0.4, -0.2) is 21.7 Å². The Balaban J connectivity index is 1.89. The topological polar surface area (TPSA) is 81.5 Å². The van der Waals surface area contributed by atoms with Gasteiger partial charge in [0.05, 0.1) is 5.54 Å². The molecule has 0 unspecified atom stereocenters. The molecule has 0 saturated heterocycles. The number of aliphatic imine (C=N–C) groups is 1. The summed E-state index contributed by atoms with van der Waals surface area (Å²) in [6.07, 6.45) is 1.95. The number of thioether (sulfide) groups is 1. The van der Waals surface area contributed by atoms with Gasteiger partial charge in [-0.1, -0.05) is 17.8 Å². The lowest BCUT2D eigenvalue weighted by Gasteiger charge is -2.30. The van der Waals surface area contributed by atoms with Crippen molar-refractivity contribution in [1.29, 1.82) is 0 Å². The summed E-state index contributed by atoms with van der Waals surface area (Å²) < 4.78 is 19.2. The summed E-state index contributed by atoms with van der Waals surface area (Å²) in [5, 5.41) is 0.358. The quantitative estimate of drug-likeness (QED) is 0.835. The third-order valence-electron chi connectivity index (χ3n) is 3.93. The van der Waals surface area contributed by atoms with E-state index in [0.717, 1.165) is 5.75 Å². The number of nitrogens with two attached hydrogens (primary N) is 1. The molecular formula is C16H15ClFN3O2S. The molecule has 5 nitrogen and oxygen atoms in total. The second-order valence-corrected chi connectivity index (χ2v) is 7.16. The first-order valence-electron chi connectivity index (χ1n) is 7.29. The molecular weight excluding hydrogens is 353 g/mol. The Kier molecular flexibility index (Phi) is 4.64. The number of halogens is 2. The SMILES string of the molecule is C[C@@]1(c2cc(CC(=O)c3coc(Cl)n3)ccc2F)CCSC(N)=N1. The van der Waals surface area contributed by atoms with Gasteiger partial charge >= 0.3 is 0 Å². The van der Waals surface area contributed by atoms with Gasteiger partial charge in [-0.3, -0.25) is 9.79 Å². The number of hydrogen-bond donors (Lipinski definition) is 1. The first kappa shape index (κ1) is 17.0. The summed E-state index contributed by atoms with van der Waals surface area (Å²) in [5.74, 6) is 0.156. The number of nitrogens with zero attached hydrogens (tertiary/aromatic N) is 2. The Bertz CT molecular complexity index is 823. The summed E-state index contributed by atoms with van der Waals surface area (Å²) >= 11 is 7.03. The Morgan fingerprint density at radius 3 is 3.00 bits per heavy atom. The minimum atomic E-state index is -0.727. The maximum atomic E-state index is 14.3. The fraction of sp³-hybridized carbons (Fsp3) is 0.312. The summed E-state index contributed by atoms with van der Waals surface area (Å²) in [6, 6.07) is 4.60. The van der Waals surface area contributed by atoms with Crippen molar-refractivity contribution in [3.63, 3.8) is 0 Å². The first-order valence-corrected chi connectivity index (χ1v) is 8.65. The van der Waals surface area contributed by atoms with Crippen LogP contribution in [0.15, 0.2) is 33.9 Å². The van der Waals surface area contributed by atoms with E-state index in [-0.39, 0.29) is 29.1 Å². The van der Waals surface area contributed by atoms with E-state index < -0.39 is 5.54 Å². The number of Topliss-reactive ketones (excluding diaryl/α,β-unsaturated/α-hetero) is 1. The average molecular weight is 368 g/mol. The molecule has 1 aliphatic rings. The highest BCUT2D eigenvalue weighted by Gasteiger charge is 2.32. The molecule has 0 saturated carbocycles. The minimum Gasteiger partial charge on any atom is -0.435 e. The van der Waals surface area contributed by atoms with E-state index in [9.17, 15) is 9.18 Å². The molecule has 1 aromatic carbocycles. The zero-order valence-electron chi connectivity index (χ0n) is 12.9. The molecule has 126 valence electrons. The maximum absolute atomic E-state index is 14.3. The molecule has 24 heavy (non-hydrogen) atoms. The van der Waals surface area contributed by atoms with Gasteiger partial charge in [-0.25, -0.2) is 4.39 Å². The van der Waals surface area contributed by atoms with Crippen molar-refractivity contribution in [2.75, 3.05) is 5.75 Å². The van der Waals surface area contributed by atoms with Crippen molar-refractivity contribution in [2.24, 2.45) is 10.7 Å². The van der Waals surface area contributed by atoms with E-state index in [2.05, 4.69) is 9.98 Å². The summed E-state index contributed by atoms with van der Waals surface area (Å²) in [5.41, 5.74) is 6.33. The number of carbonyl (C=O) groups is 1. The number of hydrogen-bond acceptors (Lipinski definition) is 6. The van der Waals surface area contributed by atoms with Gasteiger partial charge in [-0.2, -0.15) is 4.98 Å². The van der Waals surface area contributed by atoms with Gasteiger partial charge in [0.15, 0.2) is 11.0 Å². The second-order valence-electron chi connectivity index (χ2n) is 5.72. The van der Waals surface area contributed by atoms with Crippen LogP contribution >= 0.6 is 23.4 Å². The molecule has 0 radical (unpaired) electrons. The minimum absolute atomic E-state index is 0.0696. The molecule has 2 N–H and O–H groups in total. The number of benzene rings is 1. The van der Waals surface area contributed by atoms with Gasteiger partial charge in [0, 0.05) is 17.7 Å². The molecule has 0 bridgehead atoms. The highest BCUT2D eigenvalue weighted by molar-refractivity contribution is 8.13. The van der Waals surface area contributed by atoms with Crippen molar-refractivity contribution < 1.29 is 13.6 Å². The van der Waals surface area contributed by atoms with Crippen LogP contribution in [0.2, 0.25) is 5.35 Å². The van der Waals surface area contributed by atoms with Crippen LogP contribution < -0.4 is 5.73 Å². The Morgan fingerprint density at radius 2 is 2.33 bits per heavy atom. The number of rotatable bonds is 4. The van der Waals surface area contributed by atoms with Crippen molar-refractivity contribution in [3.8, 4) is 0 Å². The lowest BCUT2D eigenvalue weighted by molar-refractivity contribution is 0.0988. The van der Waals surface area contributed by atoms with Crippen LogP contribution in [0.1, 0.15) is 35.0 Å². The largest absolute Gasteiger partial charge is 0.435 e. The van der Waals surface area contributed by atoms with Crippen LogP contribution in [0.4, 0.5) is 4.39 Å². The van der Waals surface area contributed by atoms with Gasteiger partial charge in [-0.05, 0) is 42.6 Å². The molecule has 0 aliphatic carbocycles. The molecule has 1 aliphatic heterocycles. The van der Waals surface area contributed by atoms with Crippen molar-refractivity contribution >= 4 is 34.3 Å². The standard InChI is InChI=1S/C16H15ClFN3O2S/c1-16(4-5-24-15(19)21-16)10-6-9(2-3-11(10)18)7-13(22)12-8-23-14(17)20-12/h2-3,6,8H,4-5,7H2,1H3,(H2,19,21)/t16-/m0/s1. The lowest BCUT2D eigenvalue weighted by Crippen LogP contribution is -2.29. The fourth-order valence-corrected chi connectivity index (χ4v) is 3.74. The molecule has 3 rings (SSSR count). The third kappa shape index (κ3) is 3.47. The first-order chi connectivity index (χ1) is 11.4. The van der Waals surface area contributed by atoms with Crippen LogP contribution in [0, 0.1) is 5.82 Å². The molecule has 2 heterocycles. The zero-order chi connectivity index (χ0) is 17.3. The van der Waals surface area contributed by atoms with Gasteiger partial charge in [0.25, 0.3) is 5.35 Å². The highest BCUT2D eigenvalue weighted by Crippen LogP contribution is 2.36. The van der Waals surface area contributed by atoms with Crippen molar-refractivity contribution in [2.45, 2.75) is 25.3 Å². The van der Waals surface area contributed by atoms with Crippen LogP contribution in [0.3, 0.4) is 0 Å². The maximum Gasteiger partial charge on any atom is 0.292 e. The molecule has 0 fully saturated rings. The molecule has 8 heteroatoms.